The molecule has 2 aliphatic rings. The lowest BCUT2D eigenvalue weighted by Gasteiger charge is -2.34. The van der Waals surface area contributed by atoms with Crippen molar-refractivity contribution in [3.63, 3.8) is 0 Å². The maximum Gasteiger partial charge on any atom is 0.277 e. The minimum Gasteiger partial charge on any atom is -0.383 e. The van der Waals surface area contributed by atoms with E-state index < -0.39 is 0 Å². The van der Waals surface area contributed by atoms with Crippen LogP contribution in [0.3, 0.4) is 0 Å². The van der Waals surface area contributed by atoms with Crippen molar-refractivity contribution in [1.29, 1.82) is 0 Å². The van der Waals surface area contributed by atoms with E-state index in [2.05, 4.69) is 4.90 Å². The molecule has 0 aromatic heterocycles. The van der Waals surface area contributed by atoms with Crippen molar-refractivity contribution < 1.29 is 14.3 Å². The summed E-state index contributed by atoms with van der Waals surface area (Å²) in [5.41, 5.74) is 1.30. The molecule has 1 saturated heterocycles. The molecule has 0 N–H and O–H groups in total. The van der Waals surface area contributed by atoms with Crippen LogP contribution in [0.4, 0.5) is 0 Å². The second-order valence-corrected chi connectivity index (χ2v) is 7.24. The molecule has 0 aliphatic carbocycles. The van der Waals surface area contributed by atoms with Gasteiger partial charge in [0.25, 0.3) is 11.8 Å². The monoisotopic (exact) mass is 397 g/mol. The number of ether oxygens (including phenoxy) is 1. The summed E-state index contributed by atoms with van der Waals surface area (Å²) in [7, 11) is 3.58. The minimum absolute atomic E-state index is 0.208. The van der Waals surface area contributed by atoms with E-state index in [0.29, 0.717) is 40.0 Å². The highest BCUT2D eigenvalue weighted by Crippen LogP contribution is 2.36. The number of piperazine rings is 1. The Bertz CT molecular complexity index is 758. The van der Waals surface area contributed by atoms with Gasteiger partial charge in [0, 0.05) is 43.9 Å². The lowest BCUT2D eigenvalue weighted by molar-refractivity contribution is -0.138. The fraction of sp³-hybridized carbons (Fsp3) is 0.444. The van der Waals surface area contributed by atoms with E-state index in [0.717, 1.165) is 13.1 Å². The molecule has 2 amide bonds. The molecule has 0 unspecified atom stereocenters. The van der Waals surface area contributed by atoms with E-state index in [-0.39, 0.29) is 25.0 Å². The number of benzene rings is 1. The van der Waals surface area contributed by atoms with E-state index in [1.807, 2.05) is 11.9 Å². The van der Waals surface area contributed by atoms with Crippen molar-refractivity contribution in [3.05, 3.63) is 39.5 Å². The summed E-state index contributed by atoms with van der Waals surface area (Å²) in [6, 6.07) is 4.95. The fourth-order valence-corrected chi connectivity index (χ4v) is 3.71. The van der Waals surface area contributed by atoms with Crippen LogP contribution in [0.5, 0.6) is 0 Å². The zero-order chi connectivity index (χ0) is 18.8. The van der Waals surface area contributed by atoms with Crippen LogP contribution in [0, 0.1) is 0 Å². The average Bonchev–Trinajstić information content (AvgIpc) is 2.85. The number of amides is 2. The highest BCUT2D eigenvalue weighted by atomic mass is 35.5. The quantitative estimate of drug-likeness (QED) is 0.710. The maximum atomic E-state index is 13.0. The molecular formula is C18H21Cl2N3O3. The van der Waals surface area contributed by atoms with Crippen LogP contribution in [-0.2, 0) is 14.3 Å². The third-order valence-corrected chi connectivity index (χ3v) is 5.23. The molecule has 6 nitrogen and oxygen atoms in total. The van der Waals surface area contributed by atoms with E-state index in [1.54, 1.807) is 18.2 Å². The Kier molecular flexibility index (Phi) is 5.87. The molecule has 1 aromatic rings. The summed E-state index contributed by atoms with van der Waals surface area (Å²) >= 11 is 12.3. The summed E-state index contributed by atoms with van der Waals surface area (Å²) in [6.07, 6.45) is 0. The van der Waals surface area contributed by atoms with Gasteiger partial charge in [0.15, 0.2) is 0 Å². The zero-order valence-electron chi connectivity index (χ0n) is 14.8. The van der Waals surface area contributed by atoms with Crippen molar-refractivity contribution in [2.24, 2.45) is 0 Å². The van der Waals surface area contributed by atoms with Crippen LogP contribution in [-0.4, -0.2) is 80.0 Å². The van der Waals surface area contributed by atoms with Gasteiger partial charge in [0.1, 0.15) is 5.70 Å². The second kappa shape index (κ2) is 7.96. The first kappa shape index (κ1) is 19.2. The second-order valence-electron chi connectivity index (χ2n) is 6.39. The Labute approximate surface area is 162 Å². The SMILES string of the molecule is COCCN1C(=O)C(c2ccc(Cl)cc2Cl)=C(N2CCN(C)CC2)C1=O. The predicted octanol–water partition coefficient (Wildman–Crippen LogP) is 1.97. The van der Waals surface area contributed by atoms with Gasteiger partial charge in [0.2, 0.25) is 0 Å². The molecule has 0 radical (unpaired) electrons. The van der Waals surface area contributed by atoms with Crippen LogP contribution in [0.25, 0.3) is 5.57 Å². The number of carbonyl (C=O) groups is 2. The molecule has 2 heterocycles. The van der Waals surface area contributed by atoms with E-state index >= 15 is 0 Å². The number of methoxy groups -OCH3 is 1. The van der Waals surface area contributed by atoms with Crippen LogP contribution in [0.1, 0.15) is 5.56 Å². The van der Waals surface area contributed by atoms with Crippen molar-refractivity contribution in [1.82, 2.24) is 14.7 Å². The predicted molar refractivity (Wildman–Crippen MR) is 101 cm³/mol. The van der Waals surface area contributed by atoms with Crippen molar-refractivity contribution in [2.45, 2.75) is 0 Å². The molecule has 8 heteroatoms. The lowest BCUT2D eigenvalue weighted by Crippen LogP contribution is -2.46. The van der Waals surface area contributed by atoms with Gasteiger partial charge in [0.05, 0.1) is 23.7 Å². The number of nitrogens with zero attached hydrogens (tertiary/aromatic N) is 3. The molecule has 0 saturated carbocycles. The summed E-state index contributed by atoms with van der Waals surface area (Å²) in [6.45, 7) is 3.50. The Morgan fingerprint density at radius 2 is 1.77 bits per heavy atom. The van der Waals surface area contributed by atoms with Crippen LogP contribution < -0.4 is 0 Å². The first-order chi connectivity index (χ1) is 12.4. The standard InChI is InChI=1S/C18H21Cl2N3O3/c1-21-5-7-22(8-6-21)16-15(13-4-3-12(19)11-14(13)20)17(24)23(18(16)25)9-10-26-2/h3-4,11H,5-10H2,1-2H3. The van der Waals surface area contributed by atoms with Gasteiger partial charge in [-0.05, 0) is 19.2 Å². The van der Waals surface area contributed by atoms with Gasteiger partial charge < -0.3 is 14.5 Å². The smallest absolute Gasteiger partial charge is 0.277 e. The molecule has 26 heavy (non-hydrogen) atoms. The number of hydrogen-bond donors (Lipinski definition) is 0. The third kappa shape index (κ3) is 3.60. The van der Waals surface area contributed by atoms with Gasteiger partial charge in [-0.3, -0.25) is 14.5 Å². The molecule has 0 bridgehead atoms. The minimum atomic E-state index is -0.342. The van der Waals surface area contributed by atoms with E-state index in [9.17, 15) is 9.59 Å². The Balaban J connectivity index is 2.05. The Hall–Kier alpha value is -1.60. The molecule has 1 fully saturated rings. The number of rotatable bonds is 5. The number of carbonyl (C=O) groups excluding carboxylic acids is 2. The van der Waals surface area contributed by atoms with Gasteiger partial charge in [-0.2, -0.15) is 0 Å². The van der Waals surface area contributed by atoms with Crippen molar-refractivity contribution in [2.75, 3.05) is 53.5 Å². The number of imide groups is 1. The van der Waals surface area contributed by atoms with Gasteiger partial charge in [-0.25, -0.2) is 0 Å². The van der Waals surface area contributed by atoms with Crippen LogP contribution in [0.2, 0.25) is 10.0 Å². The first-order valence-corrected chi connectivity index (χ1v) is 9.18. The molecular weight excluding hydrogens is 377 g/mol. The molecule has 3 rings (SSSR count). The molecule has 2 aliphatic heterocycles. The molecule has 0 atom stereocenters. The largest absolute Gasteiger partial charge is 0.383 e. The molecule has 1 aromatic carbocycles. The van der Waals surface area contributed by atoms with Crippen LogP contribution in [0.15, 0.2) is 23.9 Å². The van der Waals surface area contributed by atoms with Crippen molar-refractivity contribution >= 4 is 40.6 Å². The zero-order valence-corrected chi connectivity index (χ0v) is 16.3. The first-order valence-electron chi connectivity index (χ1n) is 8.42. The summed E-state index contributed by atoms with van der Waals surface area (Å²) in [5.74, 6) is -0.636. The Morgan fingerprint density at radius 1 is 1.08 bits per heavy atom. The fourth-order valence-electron chi connectivity index (χ4n) is 3.21. The number of halogens is 2. The highest BCUT2D eigenvalue weighted by molar-refractivity contribution is 6.41. The summed E-state index contributed by atoms with van der Waals surface area (Å²) in [5, 5.41) is 0.836. The Morgan fingerprint density at radius 3 is 2.38 bits per heavy atom. The summed E-state index contributed by atoms with van der Waals surface area (Å²) < 4.78 is 5.05. The summed E-state index contributed by atoms with van der Waals surface area (Å²) in [4.78, 5) is 31.5. The van der Waals surface area contributed by atoms with Gasteiger partial charge in [-0.1, -0.05) is 29.3 Å². The van der Waals surface area contributed by atoms with E-state index in [4.69, 9.17) is 27.9 Å². The third-order valence-electron chi connectivity index (χ3n) is 4.68. The van der Waals surface area contributed by atoms with E-state index in [1.165, 1.54) is 12.0 Å². The highest BCUT2D eigenvalue weighted by Gasteiger charge is 2.42. The maximum absolute atomic E-state index is 13.0. The van der Waals surface area contributed by atoms with Crippen molar-refractivity contribution in [3.8, 4) is 0 Å². The van der Waals surface area contributed by atoms with Crippen LogP contribution >= 0.6 is 23.2 Å². The van der Waals surface area contributed by atoms with Gasteiger partial charge >= 0.3 is 0 Å². The molecule has 140 valence electrons. The number of likely N-dealkylation sites (N-methyl/N-ethyl adjacent to an activating group) is 1. The lowest BCUT2D eigenvalue weighted by atomic mass is 10.0. The van der Waals surface area contributed by atoms with Gasteiger partial charge in [-0.15, -0.1) is 0 Å². The molecule has 0 spiro atoms. The normalized spacial score (nSPS) is 19.1. The number of hydrogen-bond acceptors (Lipinski definition) is 5. The topological polar surface area (TPSA) is 53.1 Å². The average molecular weight is 398 g/mol.